The predicted molar refractivity (Wildman–Crippen MR) is 104 cm³/mol. The molecule has 7 heteroatoms. The molecule has 1 N–H and O–H groups in total. The third-order valence-corrected chi connectivity index (χ3v) is 4.90. The summed E-state index contributed by atoms with van der Waals surface area (Å²) >= 11 is 0. The van der Waals surface area contributed by atoms with Gasteiger partial charge in [0, 0.05) is 31.9 Å². The van der Waals surface area contributed by atoms with Gasteiger partial charge < -0.3 is 15.1 Å². The fourth-order valence-corrected chi connectivity index (χ4v) is 3.35. The van der Waals surface area contributed by atoms with E-state index in [1.807, 2.05) is 12.1 Å². The van der Waals surface area contributed by atoms with Gasteiger partial charge in [-0.3, -0.25) is 0 Å². The summed E-state index contributed by atoms with van der Waals surface area (Å²) in [5, 5.41) is 2.33. The van der Waals surface area contributed by atoms with Crippen molar-refractivity contribution in [1.82, 2.24) is 4.90 Å². The summed E-state index contributed by atoms with van der Waals surface area (Å²) in [7, 11) is 0. The quantitative estimate of drug-likeness (QED) is 0.750. The maximum atomic E-state index is 13.8. The molecular weight excluding hydrogens is 367 g/mol. The van der Waals surface area contributed by atoms with Crippen LogP contribution in [-0.2, 0) is 5.41 Å². The van der Waals surface area contributed by atoms with E-state index >= 15 is 0 Å². The van der Waals surface area contributed by atoms with Crippen LogP contribution in [0.5, 0.6) is 0 Å². The Labute approximate surface area is 162 Å². The zero-order valence-corrected chi connectivity index (χ0v) is 16.2. The number of hydrogen-bond acceptors (Lipinski definition) is 2. The highest BCUT2D eigenvalue weighted by Gasteiger charge is 2.26. The number of para-hydroxylation sites is 1. The number of nitrogens with zero attached hydrogens (tertiary/aromatic N) is 2. The number of anilines is 2. The van der Waals surface area contributed by atoms with Gasteiger partial charge in [0.2, 0.25) is 0 Å². The van der Waals surface area contributed by atoms with Crippen LogP contribution < -0.4 is 10.2 Å². The molecule has 1 fully saturated rings. The fraction of sp³-hybridized carbons (Fsp3) is 0.381. The van der Waals surface area contributed by atoms with Crippen LogP contribution in [0, 0.1) is 17.5 Å². The number of urea groups is 1. The van der Waals surface area contributed by atoms with Crippen molar-refractivity contribution in [2.45, 2.75) is 26.2 Å². The van der Waals surface area contributed by atoms with Crippen LogP contribution in [0.4, 0.5) is 29.3 Å². The van der Waals surface area contributed by atoms with Crippen LogP contribution in [0.1, 0.15) is 26.3 Å². The predicted octanol–water partition coefficient (Wildman–Crippen LogP) is 4.76. The third-order valence-electron chi connectivity index (χ3n) is 4.90. The fourth-order valence-electron chi connectivity index (χ4n) is 3.35. The smallest absolute Gasteiger partial charge is 0.322 e. The SMILES string of the molecule is CC(C)(C)c1ccccc1N1CCN(C(=O)Nc2ccc(F)c(F)c2F)CC1. The molecule has 0 aromatic heterocycles. The Morgan fingerprint density at radius 1 is 0.929 bits per heavy atom. The first-order valence-corrected chi connectivity index (χ1v) is 9.22. The van der Waals surface area contributed by atoms with Gasteiger partial charge in [0.15, 0.2) is 17.5 Å². The summed E-state index contributed by atoms with van der Waals surface area (Å²) in [6.45, 7) is 8.61. The molecule has 0 atom stereocenters. The Hall–Kier alpha value is -2.70. The Morgan fingerprint density at radius 3 is 2.21 bits per heavy atom. The molecule has 1 heterocycles. The number of nitrogens with one attached hydrogen (secondary N) is 1. The van der Waals surface area contributed by atoms with Crippen molar-refractivity contribution in [2.75, 3.05) is 36.4 Å². The van der Waals surface area contributed by atoms with Crippen molar-refractivity contribution in [1.29, 1.82) is 0 Å². The van der Waals surface area contributed by atoms with Gasteiger partial charge in [0.1, 0.15) is 0 Å². The molecular formula is C21H24F3N3O. The Morgan fingerprint density at radius 2 is 1.57 bits per heavy atom. The zero-order valence-electron chi connectivity index (χ0n) is 16.2. The van der Waals surface area contributed by atoms with E-state index in [2.05, 4.69) is 43.1 Å². The van der Waals surface area contributed by atoms with Crippen LogP contribution in [-0.4, -0.2) is 37.1 Å². The monoisotopic (exact) mass is 391 g/mol. The number of carbonyl (C=O) groups excluding carboxylic acids is 1. The molecule has 150 valence electrons. The molecule has 2 amide bonds. The van der Waals surface area contributed by atoms with Crippen molar-refractivity contribution < 1.29 is 18.0 Å². The van der Waals surface area contributed by atoms with Crippen LogP contribution in [0.3, 0.4) is 0 Å². The summed E-state index contributed by atoms with van der Waals surface area (Å²) in [6.07, 6.45) is 0. The summed E-state index contributed by atoms with van der Waals surface area (Å²) in [5.41, 5.74) is 2.00. The number of halogens is 3. The van der Waals surface area contributed by atoms with E-state index in [1.165, 1.54) is 10.5 Å². The first-order chi connectivity index (χ1) is 13.2. The van der Waals surface area contributed by atoms with Crippen molar-refractivity contribution in [3.8, 4) is 0 Å². The number of amides is 2. The summed E-state index contributed by atoms with van der Waals surface area (Å²) in [5.74, 6) is -4.28. The lowest BCUT2D eigenvalue weighted by Crippen LogP contribution is -2.50. The average Bonchev–Trinajstić information content (AvgIpc) is 2.68. The zero-order chi connectivity index (χ0) is 20.5. The van der Waals surface area contributed by atoms with Gasteiger partial charge in [-0.15, -0.1) is 0 Å². The van der Waals surface area contributed by atoms with Gasteiger partial charge in [0.25, 0.3) is 0 Å². The van der Waals surface area contributed by atoms with E-state index in [-0.39, 0.29) is 11.1 Å². The van der Waals surface area contributed by atoms with Crippen LogP contribution >= 0.6 is 0 Å². The highest BCUT2D eigenvalue weighted by Crippen LogP contribution is 2.32. The van der Waals surface area contributed by atoms with Gasteiger partial charge in [-0.2, -0.15) is 0 Å². The first kappa shape index (κ1) is 20.0. The van der Waals surface area contributed by atoms with E-state index in [0.717, 1.165) is 17.8 Å². The van der Waals surface area contributed by atoms with Gasteiger partial charge in [0.05, 0.1) is 5.69 Å². The molecule has 0 aliphatic carbocycles. The third kappa shape index (κ3) is 4.08. The molecule has 0 spiro atoms. The summed E-state index contributed by atoms with van der Waals surface area (Å²) in [4.78, 5) is 16.2. The molecule has 0 bridgehead atoms. The van der Waals surface area contributed by atoms with Crippen LogP contribution in [0.2, 0.25) is 0 Å². The highest BCUT2D eigenvalue weighted by atomic mass is 19.2. The Balaban J connectivity index is 1.66. The first-order valence-electron chi connectivity index (χ1n) is 9.22. The number of hydrogen-bond donors (Lipinski definition) is 1. The number of carbonyl (C=O) groups is 1. The Bertz CT molecular complexity index is 872. The lowest BCUT2D eigenvalue weighted by atomic mass is 9.85. The average molecular weight is 391 g/mol. The number of benzene rings is 2. The molecule has 0 radical (unpaired) electrons. The molecule has 3 rings (SSSR count). The van der Waals surface area contributed by atoms with Crippen molar-refractivity contribution in [3.05, 3.63) is 59.4 Å². The second-order valence-corrected chi connectivity index (χ2v) is 7.89. The molecule has 1 aliphatic rings. The van der Waals surface area contributed by atoms with Gasteiger partial charge in [-0.05, 0) is 29.2 Å². The van der Waals surface area contributed by atoms with Crippen molar-refractivity contribution in [2.24, 2.45) is 0 Å². The van der Waals surface area contributed by atoms with E-state index in [1.54, 1.807) is 0 Å². The van der Waals surface area contributed by atoms with Crippen LogP contribution in [0.25, 0.3) is 0 Å². The molecule has 28 heavy (non-hydrogen) atoms. The summed E-state index contributed by atoms with van der Waals surface area (Å²) in [6, 6.07) is 9.47. The topological polar surface area (TPSA) is 35.6 Å². The molecule has 1 saturated heterocycles. The van der Waals surface area contributed by atoms with E-state index in [4.69, 9.17) is 0 Å². The second kappa shape index (κ2) is 7.73. The minimum absolute atomic E-state index is 0.00468. The molecule has 2 aromatic carbocycles. The molecule has 1 aliphatic heterocycles. The largest absolute Gasteiger partial charge is 0.368 e. The summed E-state index contributed by atoms with van der Waals surface area (Å²) < 4.78 is 40.1. The van der Waals surface area contributed by atoms with Gasteiger partial charge in [-0.1, -0.05) is 39.0 Å². The van der Waals surface area contributed by atoms with Gasteiger partial charge in [-0.25, -0.2) is 18.0 Å². The van der Waals surface area contributed by atoms with Crippen molar-refractivity contribution >= 4 is 17.4 Å². The maximum Gasteiger partial charge on any atom is 0.322 e. The normalized spacial score (nSPS) is 14.9. The maximum absolute atomic E-state index is 13.8. The molecule has 2 aromatic rings. The standard InChI is InChI=1S/C21H24F3N3O/c1-21(2,3)14-6-4-5-7-17(14)26-10-12-27(13-11-26)20(28)25-16-9-8-15(22)18(23)19(16)24/h4-9H,10-13H2,1-3H3,(H,25,28). The molecule has 0 unspecified atom stereocenters. The van der Waals surface area contributed by atoms with E-state index < -0.39 is 23.5 Å². The van der Waals surface area contributed by atoms with E-state index in [9.17, 15) is 18.0 Å². The molecule has 0 saturated carbocycles. The van der Waals surface area contributed by atoms with E-state index in [0.29, 0.717) is 26.2 Å². The number of piperazine rings is 1. The van der Waals surface area contributed by atoms with Crippen molar-refractivity contribution in [3.63, 3.8) is 0 Å². The van der Waals surface area contributed by atoms with Gasteiger partial charge >= 0.3 is 6.03 Å². The molecule has 4 nitrogen and oxygen atoms in total. The number of rotatable bonds is 2. The lowest BCUT2D eigenvalue weighted by Gasteiger charge is -2.38. The minimum atomic E-state index is -1.60. The lowest BCUT2D eigenvalue weighted by molar-refractivity contribution is 0.208. The van der Waals surface area contributed by atoms with Crippen LogP contribution in [0.15, 0.2) is 36.4 Å². The second-order valence-electron chi connectivity index (χ2n) is 7.89. The Kier molecular flexibility index (Phi) is 5.54. The highest BCUT2D eigenvalue weighted by molar-refractivity contribution is 5.89. The minimum Gasteiger partial charge on any atom is -0.368 e.